The van der Waals surface area contributed by atoms with Crippen molar-refractivity contribution in [3.63, 3.8) is 0 Å². The van der Waals surface area contributed by atoms with Crippen LogP contribution in [0.1, 0.15) is 13.8 Å². The van der Waals surface area contributed by atoms with Crippen molar-refractivity contribution >= 4 is 5.91 Å². The molecule has 0 bridgehead atoms. The van der Waals surface area contributed by atoms with Crippen LogP contribution in [0.15, 0.2) is 0 Å². The number of carbonyl (C=O) groups is 1. The van der Waals surface area contributed by atoms with Gasteiger partial charge in [-0.2, -0.15) is 0 Å². The van der Waals surface area contributed by atoms with Gasteiger partial charge in [-0.1, -0.05) is 0 Å². The first-order valence-electron chi connectivity index (χ1n) is 5.92. The first kappa shape index (κ1) is 11.8. The molecule has 1 amide bonds. The number of amides is 1. The van der Waals surface area contributed by atoms with Gasteiger partial charge in [0.05, 0.1) is 19.8 Å². The molecule has 16 heavy (non-hydrogen) atoms. The number of ether oxygens (including phenoxy) is 2. The summed E-state index contributed by atoms with van der Waals surface area (Å²) in [5.41, 5.74) is 0. The summed E-state index contributed by atoms with van der Waals surface area (Å²) in [4.78, 5) is 14.2. The topological polar surface area (TPSA) is 50.8 Å². The molecule has 0 aromatic rings. The maximum absolute atomic E-state index is 12.3. The summed E-state index contributed by atoms with van der Waals surface area (Å²) in [6, 6.07) is 0.448. The van der Waals surface area contributed by atoms with Crippen LogP contribution in [-0.2, 0) is 14.3 Å². The number of rotatable bonds is 1. The van der Waals surface area contributed by atoms with Gasteiger partial charge in [-0.25, -0.2) is 0 Å². The molecular formula is C11H20N2O3. The quantitative estimate of drug-likeness (QED) is 0.664. The zero-order valence-electron chi connectivity index (χ0n) is 9.94. The summed E-state index contributed by atoms with van der Waals surface area (Å²) in [5, 5.41) is 3.31. The largest absolute Gasteiger partial charge is 0.376 e. The van der Waals surface area contributed by atoms with Crippen molar-refractivity contribution in [2.75, 3.05) is 32.9 Å². The minimum Gasteiger partial charge on any atom is -0.376 e. The van der Waals surface area contributed by atoms with Crippen LogP contribution in [0.25, 0.3) is 0 Å². The Labute approximate surface area is 96.1 Å². The Bertz CT molecular complexity index is 244. The molecule has 0 aromatic heterocycles. The van der Waals surface area contributed by atoms with Crippen LogP contribution in [0, 0.1) is 0 Å². The molecule has 0 aromatic carbocycles. The van der Waals surface area contributed by atoms with Gasteiger partial charge >= 0.3 is 0 Å². The third kappa shape index (κ3) is 2.36. The van der Waals surface area contributed by atoms with Crippen LogP contribution < -0.4 is 5.32 Å². The summed E-state index contributed by atoms with van der Waals surface area (Å²) < 4.78 is 10.7. The lowest BCUT2D eigenvalue weighted by atomic mass is 10.1. The van der Waals surface area contributed by atoms with Crippen molar-refractivity contribution in [3.05, 3.63) is 0 Å². The predicted molar refractivity (Wildman–Crippen MR) is 59.2 cm³/mol. The molecule has 2 rings (SSSR count). The second-order valence-electron chi connectivity index (χ2n) is 4.54. The Morgan fingerprint density at radius 3 is 2.50 bits per heavy atom. The van der Waals surface area contributed by atoms with E-state index in [-0.39, 0.29) is 18.0 Å². The Morgan fingerprint density at radius 2 is 1.94 bits per heavy atom. The summed E-state index contributed by atoms with van der Waals surface area (Å²) in [7, 11) is 0. The van der Waals surface area contributed by atoms with Gasteiger partial charge in [0.1, 0.15) is 0 Å². The van der Waals surface area contributed by atoms with E-state index in [4.69, 9.17) is 9.47 Å². The molecule has 3 unspecified atom stereocenters. The Kier molecular flexibility index (Phi) is 3.78. The first-order valence-corrected chi connectivity index (χ1v) is 5.92. The summed E-state index contributed by atoms with van der Waals surface area (Å²) in [6.07, 6.45) is -0.406. The average molecular weight is 228 g/mol. The maximum atomic E-state index is 12.3. The van der Waals surface area contributed by atoms with Crippen LogP contribution in [0.2, 0.25) is 0 Å². The minimum atomic E-state index is -0.406. The van der Waals surface area contributed by atoms with Crippen molar-refractivity contribution in [3.8, 4) is 0 Å². The molecule has 5 heteroatoms. The molecular weight excluding hydrogens is 208 g/mol. The highest BCUT2D eigenvalue weighted by atomic mass is 16.6. The maximum Gasteiger partial charge on any atom is 0.254 e. The van der Waals surface area contributed by atoms with E-state index in [0.717, 1.165) is 13.1 Å². The Morgan fingerprint density at radius 1 is 1.25 bits per heavy atom. The molecule has 2 aliphatic heterocycles. The second kappa shape index (κ2) is 5.12. The van der Waals surface area contributed by atoms with Crippen LogP contribution >= 0.6 is 0 Å². The molecule has 2 saturated heterocycles. The van der Waals surface area contributed by atoms with Gasteiger partial charge in [-0.15, -0.1) is 0 Å². The second-order valence-corrected chi connectivity index (χ2v) is 4.54. The minimum absolute atomic E-state index is 0.0706. The number of hydrogen-bond acceptors (Lipinski definition) is 4. The van der Waals surface area contributed by atoms with E-state index >= 15 is 0 Å². The van der Waals surface area contributed by atoms with Gasteiger partial charge in [-0.05, 0) is 13.8 Å². The summed E-state index contributed by atoms with van der Waals surface area (Å²) in [6.45, 7) is 7.33. The van der Waals surface area contributed by atoms with Crippen LogP contribution in [0.3, 0.4) is 0 Å². The van der Waals surface area contributed by atoms with Crippen LogP contribution in [-0.4, -0.2) is 61.9 Å². The molecule has 0 aliphatic carbocycles. The van der Waals surface area contributed by atoms with Crippen LogP contribution in [0.5, 0.6) is 0 Å². The van der Waals surface area contributed by atoms with Crippen molar-refractivity contribution in [2.24, 2.45) is 0 Å². The fraction of sp³-hybridized carbons (Fsp3) is 0.909. The number of piperazine rings is 1. The standard InChI is InChI=1S/C11H20N2O3/c1-8-5-12-6-9(2)13(8)11(14)10-7-15-3-4-16-10/h8-10,12H,3-7H2,1-2H3. The van der Waals surface area contributed by atoms with E-state index in [1.807, 2.05) is 4.90 Å². The Hall–Kier alpha value is -0.650. The highest BCUT2D eigenvalue weighted by Gasteiger charge is 2.34. The summed E-state index contributed by atoms with van der Waals surface area (Å²) in [5.74, 6) is 0.0706. The number of nitrogens with one attached hydrogen (secondary N) is 1. The number of carbonyl (C=O) groups excluding carboxylic acids is 1. The first-order chi connectivity index (χ1) is 7.70. The van der Waals surface area contributed by atoms with Gasteiger partial charge in [0.15, 0.2) is 6.10 Å². The average Bonchev–Trinajstić information content (AvgIpc) is 2.30. The van der Waals surface area contributed by atoms with Crippen molar-refractivity contribution in [1.82, 2.24) is 10.2 Å². The highest BCUT2D eigenvalue weighted by molar-refractivity contribution is 5.82. The molecule has 5 nitrogen and oxygen atoms in total. The van der Waals surface area contributed by atoms with Crippen molar-refractivity contribution in [2.45, 2.75) is 32.0 Å². The molecule has 2 heterocycles. The van der Waals surface area contributed by atoms with E-state index < -0.39 is 6.10 Å². The fourth-order valence-corrected chi connectivity index (χ4v) is 2.36. The van der Waals surface area contributed by atoms with Crippen molar-refractivity contribution < 1.29 is 14.3 Å². The van der Waals surface area contributed by atoms with Gasteiger partial charge < -0.3 is 19.7 Å². The lowest BCUT2D eigenvalue weighted by molar-refractivity contribution is -0.163. The van der Waals surface area contributed by atoms with Gasteiger partial charge in [-0.3, -0.25) is 4.79 Å². The third-order valence-electron chi connectivity index (χ3n) is 3.18. The van der Waals surface area contributed by atoms with E-state index in [1.54, 1.807) is 0 Å². The van der Waals surface area contributed by atoms with Gasteiger partial charge in [0.2, 0.25) is 0 Å². The Balaban J connectivity index is 2.00. The molecule has 0 spiro atoms. The van der Waals surface area contributed by atoms with E-state index in [9.17, 15) is 4.79 Å². The fourth-order valence-electron chi connectivity index (χ4n) is 2.36. The highest BCUT2D eigenvalue weighted by Crippen LogP contribution is 2.14. The van der Waals surface area contributed by atoms with E-state index in [0.29, 0.717) is 19.8 Å². The predicted octanol–water partition coefficient (Wildman–Crippen LogP) is -0.389. The lowest BCUT2D eigenvalue weighted by Gasteiger charge is -2.41. The molecule has 1 N–H and O–H groups in total. The monoisotopic (exact) mass is 228 g/mol. The molecule has 2 aliphatic rings. The van der Waals surface area contributed by atoms with Crippen molar-refractivity contribution in [1.29, 1.82) is 0 Å². The zero-order chi connectivity index (χ0) is 11.5. The smallest absolute Gasteiger partial charge is 0.254 e. The molecule has 0 radical (unpaired) electrons. The van der Waals surface area contributed by atoms with Gasteiger partial charge in [0, 0.05) is 25.2 Å². The van der Waals surface area contributed by atoms with Gasteiger partial charge in [0.25, 0.3) is 5.91 Å². The molecule has 0 saturated carbocycles. The summed E-state index contributed by atoms with van der Waals surface area (Å²) >= 11 is 0. The van der Waals surface area contributed by atoms with E-state index in [2.05, 4.69) is 19.2 Å². The van der Waals surface area contributed by atoms with Crippen LogP contribution in [0.4, 0.5) is 0 Å². The molecule has 2 fully saturated rings. The molecule has 3 atom stereocenters. The normalized spacial score (nSPS) is 36.1. The lowest BCUT2D eigenvalue weighted by Crippen LogP contribution is -2.60. The number of hydrogen-bond donors (Lipinski definition) is 1. The number of nitrogens with zero attached hydrogens (tertiary/aromatic N) is 1. The SMILES string of the molecule is CC1CNCC(C)N1C(=O)C1COCCO1. The third-order valence-corrected chi connectivity index (χ3v) is 3.18. The molecule has 92 valence electrons. The van der Waals surface area contributed by atoms with E-state index in [1.165, 1.54) is 0 Å². The zero-order valence-corrected chi connectivity index (χ0v) is 9.94.